The minimum absolute atomic E-state index is 0.0953. The maximum atomic E-state index is 9.92. The molecule has 0 radical (unpaired) electrons. The Labute approximate surface area is 129 Å². The van der Waals surface area contributed by atoms with Crippen LogP contribution in [-0.2, 0) is 11.2 Å². The molecule has 0 heterocycles. The molecule has 1 N–H and O–H groups in total. The van der Waals surface area contributed by atoms with E-state index in [1.54, 1.807) is 6.07 Å². The van der Waals surface area contributed by atoms with E-state index in [9.17, 15) is 5.11 Å². The van der Waals surface area contributed by atoms with Crippen LogP contribution in [-0.4, -0.2) is 16.8 Å². The first kappa shape index (κ1) is 16.4. The molecule has 2 heteroatoms. The first-order valence-electron chi connectivity index (χ1n) is 8.60. The Bertz CT molecular complexity index is 421. The predicted octanol–water partition coefficient (Wildman–Crippen LogP) is 5.23. The van der Waals surface area contributed by atoms with Gasteiger partial charge in [0.05, 0.1) is 11.7 Å². The van der Waals surface area contributed by atoms with Gasteiger partial charge in [-0.25, -0.2) is 0 Å². The molecule has 0 spiro atoms. The SMILES string of the molecule is CCCCC1(OC(C)Cc2ccccc2O)CCCCC1. The minimum atomic E-state index is 0.0953. The van der Waals surface area contributed by atoms with E-state index in [-0.39, 0.29) is 11.7 Å². The van der Waals surface area contributed by atoms with Gasteiger partial charge in [0.2, 0.25) is 0 Å². The van der Waals surface area contributed by atoms with Crippen LogP contribution in [0.1, 0.15) is 70.8 Å². The van der Waals surface area contributed by atoms with E-state index in [1.807, 2.05) is 18.2 Å². The van der Waals surface area contributed by atoms with Crippen LogP contribution >= 0.6 is 0 Å². The highest BCUT2D eigenvalue weighted by Gasteiger charge is 2.33. The predicted molar refractivity (Wildman–Crippen MR) is 87.7 cm³/mol. The van der Waals surface area contributed by atoms with Crippen LogP contribution in [0.25, 0.3) is 0 Å². The zero-order chi connectivity index (χ0) is 15.1. The molecule has 1 aliphatic carbocycles. The Morgan fingerprint density at radius 2 is 1.90 bits per heavy atom. The highest BCUT2D eigenvalue weighted by molar-refractivity contribution is 5.32. The maximum Gasteiger partial charge on any atom is 0.118 e. The average molecular weight is 290 g/mol. The molecule has 0 aromatic heterocycles. The lowest BCUT2D eigenvalue weighted by atomic mass is 9.81. The van der Waals surface area contributed by atoms with Crippen LogP contribution in [0, 0.1) is 0 Å². The lowest BCUT2D eigenvalue weighted by Crippen LogP contribution is -2.38. The van der Waals surface area contributed by atoms with Gasteiger partial charge in [-0.1, -0.05) is 57.2 Å². The third-order valence-electron chi connectivity index (χ3n) is 4.70. The molecule has 0 bridgehead atoms. The molecule has 1 saturated carbocycles. The number of phenols is 1. The van der Waals surface area contributed by atoms with Gasteiger partial charge in [0.25, 0.3) is 0 Å². The fraction of sp³-hybridized carbons (Fsp3) is 0.684. The monoisotopic (exact) mass is 290 g/mol. The molecule has 1 aromatic carbocycles. The zero-order valence-corrected chi connectivity index (χ0v) is 13.6. The fourth-order valence-corrected chi connectivity index (χ4v) is 3.58. The molecular formula is C19H30O2. The highest BCUT2D eigenvalue weighted by atomic mass is 16.5. The smallest absolute Gasteiger partial charge is 0.118 e. The van der Waals surface area contributed by atoms with Crippen LogP contribution in [0.4, 0.5) is 0 Å². The normalized spacial score (nSPS) is 19.3. The van der Waals surface area contributed by atoms with Crippen molar-refractivity contribution in [1.29, 1.82) is 0 Å². The maximum absolute atomic E-state index is 9.92. The molecule has 118 valence electrons. The summed E-state index contributed by atoms with van der Waals surface area (Å²) in [5.41, 5.74) is 1.09. The summed E-state index contributed by atoms with van der Waals surface area (Å²) in [4.78, 5) is 0. The second-order valence-electron chi connectivity index (χ2n) is 6.61. The molecule has 1 atom stereocenters. The zero-order valence-electron chi connectivity index (χ0n) is 13.6. The van der Waals surface area contributed by atoms with E-state index >= 15 is 0 Å². The van der Waals surface area contributed by atoms with Gasteiger partial charge in [0.1, 0.15) is 5.75 Å². The third-order valence-corrected chi connectivity index (χ3v) is 4.70. The van der Waals surface area contributed by atoms with E-state index in [0.717, 1.165) is 12.0 Å². The molecule has 1 aliphatic rings. The van der Waals surface area contributed by atoms with Crippen molar-refractivity contribution >= 4 is 0 Å². The van der Waals surface area contributed by atoms with E-state index in [0.29, 0.717) is 5.75 Å². The first-order valence-corrected chi connectivity index (χ1v) is 8.60. The molecular weight excluding hydrogens is 260 g/mol. The molecule has 21 heavy (non-hydrogen) atoms. The summed E-state index contributed by atoms with van der Waals surface area (Å²) in [6, 6.07) is 7.60. The number of unbranched alkanes of at least 4 members (excludes halogenated alkanes) is 1. The van der Waals surface area contributed by atoms with Crippen molar-refractivity contribution in [1.82, 2.24) is 0 Å². The topological polar surface area (TPSA) is 29.5 Å². The van der Waals surface area contributed by atoms with Gasteiger partial charge in [0.15, 0.2) is 0 Å². The van der Waals surface area contributed by atoms with Crippen LogP contribution in [0.2, 0.25) is 0 Å². The van der Waals surface area contributed by atoms with Crippen molar-refractivity contribution in [2.45, 2.75) is 83.3 Å². The first-order chi connectivity index (χ1) is 10.2. The Morgan fingerprint density at radius 3 is 2.57 bits per heavy atom. The Kier molecular flexibility index (Phi) is 6.10. The van der Waals surface area contributed by atoms with Crippen LogP contribution in [0.5, 0.6) is 5.75 Å². The summed E-state index contributed by atoms with van der Waals surface area (Å²) in [5, 5.41) is 9.92. The summed E-state index contributed by atoms with van der Waals surface area (Å²) >= 11 is 0. The average Bonchev–Trinajstić information content (AvgIpc) is 2.48. The van der Waals surface area contributed by atoms with E-state index in [4.69, 9.17) is 4.74 Å². The number of rotatable bonds is 7. The second kappa shape index (κ2) is 7.84. The fourth-order valence-electron chi connectivity index (χ4n) is 3.58. The molecule has 1 fully saturated rings. The lowest BCUT2D eigenvalue weighted by molar-refractivity contribution is -0.113. The molecule has 0 aliphatic heterocycles. The molecule has 1 aromatic rings. The van der Waals surface area contributed by atoms with Gasteiger partial charge in [0, 0.05) is 6.42 Å². The quantitative estimate of drug-likeness (QED) is 0.744. The number of ether oxygens (including phenoxy) is 1. The van der Waals surface area contributed by atoms with Crippen molar-refractivity contribution in [2.24, 2.45) is 0 Å². The van der Waals surface area contributed by atoms with Crippen LogP contribution in [0.15, 0.2) is 24.3 Å². The van der Waals surface area contributed by atoms with E-state index in [1.165, 1.54) is 51.4 Å². The standard InChI is InChI=1S/C19H30O2/c1-3-4-12-19(13-8-5-9-14-19)21-16(2)15-17-10-6-7-11-18(17)20/h6-7,10-11,16,20H,3-5,8-9,12-15H2,1-2H3. The Hall–Kier alpha value is -1.02. The van der Waals surface area contributed by atoms with Crippen molar-refractivity contribution in [2.75, 3.05) is 0 Å². The van der Waals surface area contributed by atoms with E-state index < -0.39 is 0 Å². The number of aromatic hydroxyl groups is 1. The summed E-state index contributed by atoms with van der Waals surface area (Å²) in [7, 11) is 0. The van der Waals surface area contributed by atoms with Crippen molar-refractivity contribution < 1.29 is 9.84 Å². The summed E-state index contributed by atoms with van der Waals surface area (Å²) in [6.45, 7) is 4.40. The Balaban J connectivity index is 1.97. The minimum Gasteiger partial charge on any atom is -0.508 e. The van der Waals surface area contributed by atoms with Gasteiger partial charge in [-0.3, -0.25) is 0 Å². The van der Waals surface area contributed by atoms with Crippen molar-refractivity contribution in [3.8, 4) is 5.75 Å². The van der Waals surface area contributed by atoms with Crippen molar-refractivity contribution in [3.63, 3.8) is 0 Å². The number of hydrogen-bond donors (Lipinski definition) is 1. The van der Waals surface area contributed by atoms with Crippen LogP contribution in [0.3, 0.4) is 0 Å². The lowest BCUT2D eigenvalue weighted by Gasteiger charge is -2.40. The highest BCUT2D eigenvalue weighted by Crippen LogP contribution is 2.37. The van der Waals surface area contributed by atoms with Crippen LogP contribution < -0.4 is 0 Å². The number of para-hydroxylation sites is 1. The number of phenolic OH excluding ortho intramolecular Hbond substituents is 1. The molecule has 2 rings (SSSR count). The molecule has 1 unspecified atom stereocenters. The number of hydrogen-bond acceptors (Lipinski definition) is 2. The molecule has 0 saturated heterocycles. The van der Waals surface area contributed by atoms with Gasteiger partial charge in [-0.05, 0) is 37.8 Å². The summed E-state index contributed by atoms with van der Waals surface area (Å²) in [5.74, 6) is 0.388. The Morgan fingerprint density at radius 1 is 1.19 bits per heavy atom. The molecule has 0 amide bonds. The van der Waals surface area contributed by atoms with Gasteiger partial charge >= 0.3 is 0 Å². The largest absolute Gasteiger partial charge is 0.508 e. The van der Waals surface area contributed by atoms with Gasteiger partial charge < -0.3 is 9.84 Å². The summed E-state index contributed by atoms with van der Waals surface area (Å²) < 4.78 is 6.53. The third kappa shape index (κ3) is 4.74. The number of benzene rings is 1. The summed E-state index contributed by atoms with van der Waals surface area (Å²) in [6.07, 6.45) is 11.0. The molecule has 2 nitrogen and oxygen atoms in total. The second-order valence-corrected chi connectivity index (χ2v) is 6.61. The van der Waals surface area contributed by atoms with E-state index in [2.05, 4.69) is 13.8 Å². The van der Waals surface area contributed by atoms with Gasteiger partial charge in [-0.2, -0.15) is 0 Å². The van der Waals surface area contributed by atoms with Crippen molar-refractivity contribution in [3.05, 3.63) is 29.8 Å². The van der Waals surface area contributed by atoms with Gasteiger partial charge in [-0.15, -0.1) is 0 Å².